The van der Waals surface area contributed by atoms with Gasteiger partial charge in [0.1, 0.15) is 30.5 Å². The summed E-state index contributed by atoms with van der Waals surface area (Å²) in [5, 5.41) is 40.3. The fraction of sp³-hybridized carbons (Fsp3) is 0.780. The van der Waals surface area contributed by atoms with Crippen LogP contribution in [0.5, 0.6) is 0 Å². The Hall–Kier alpha value is -2.37. The smallest absolute Gasteiger partial charge is 0.306 e. The molecule has 0 saturated carbocycles. The van der Waals surface area contributed by atoms with Crippen molar-refractivity contribution in [2.24, 2.45) is 0 Å². The maximum absolute atomic E-state index is 12.9. The molecule has 1 heterocycles. The molecule has 6 unspecified atom stereocenters. The van der Waals surface area contributed by atoms with E-state index in [1.807, 2.05) is 0 Å². The molecular formula is C59H104O9. The maximum atomic E-state index is 12.9. The summed E-state index contributed by atoms with van der Waals surface area (Å²) < 4.78 is 22.9. The number of unbranched alkanes of at least 4 members (excludes halogenated alkanes) is 25. The second-order valence-electron chi connectivity index (χ2n) is 19.0. The SMILES string of the molecule is CCCCCCC/C=C\C/C=C\C/C=C\CCCCCCCCCCC(=O)OC(COCCCCCCCCC/C=C\C/C=C\C/C=C\CCCCCCC)COC1OC(CO)C(O)C(O)C1O. The van der Waals surface area contributed by atoms with Gasteiger partial charge < -0.3 is 39.4 Å². The van der Waals surface area contributed by atoms with Gasteiger partial charge in [-0.3, -0.25) is 4.79 Å². The Kier molecular flexibility index (Phi) is 46.4. The number of ether oxygens (including phenoxy) is 4. The van der Waals surface area contributed by atoms with Crippen molar-refractivity contribution in [2.75, 3.05) is 26.4 Å². The minimum Gasteiger partial charge on any atom is -0.457 e. The first-order valence-electron chi connectivity index (χ1n) is 28.0. The van der Waals surface area contributed by atoms with Crippen molar-refractivity contribution in [1.82, 2.24) is 0 Å². The van der Waals surface area contributed by atoms with Crippen molar-refractivity contribution < 1.29 is 44.2 Å². The van der Waals surface area contributed by atoms with Crippen molar-refractivity contribution in [1.29, 1.82) is 0 Å². The predicted octanol–water partition coefficient (Wildman–Crippen LogP) is 14.4. The summed E-state index contributed by atoms with van der Waals surface area (Å²) in [7, 11) is 0. The summed E-state index contributed by atoms with van der Waals surface area (Å²) in [6, 6.07) is 0. The number of allylic oxidation sites excluding steroid dienone is 12. The lowest BCUT2D eigenvalue weighted by Crippen LogP contribution is -2.59. The minimum atomic E-state index is -1.54. The van der Waals surface area contributed by atoms with Gasteiger partial charge >= 0.3 is 5.97 Å². The van der Waals surface area contributed by atoms with E-state index in [1.165, 1.54) is 135 Å². The van der Waals surface area contributed by atoms with Gasteiger partial charge in [0.2, 0.25) is 0 Å². The highest BCUT2D eigenvalue weighted by atomic mass is 16.7. The Morgan fingerprint density at radius 3 is 1.28 bits per heavy atom. The Balaban J connectivity index is 2.20. The van der Waals surface area contributed by atoms with Crippen molar-refractivity contribution in [3.05, 3.63) is 72.9 Å². The molecule has 0 radical (unpaired) electrons. The van der Waals surface area contributed by atoms with Crippen LogP contribution in [0.2, 0.25) is 0 Å². The van der Waals surface area contributed by atoms with Crippen LogP contribution < -0.4 is 0 Å². The van der Waals surface area contributed by atoms with E-state index in [-0.39, 0.29) is 19.2 Å². The average molecular weight is 957 g/mol. The zero-order valence-corrected chi connectivity index (χ0v) is 43.6. The molecule has 0 aliphatic carbocycles. The Labute approximate surface area is 417 Å². The molecule has 68 heavy (non-hydrogen) atoms. The highest BCUT2D eigenvalue weighted by molar-refractivity contribution is 5.69. The van der Waals surface area contributed by atoms with Crippen LogP contribution in [0.25, 0.3) is 0 Å². The van der Waals surface area contributed by atoms with Gasteiger partial charge in [0, 0.05) is 13.0 Å². The molecule has 394 valence electrons. The molecule has 0 aromatic heterocycles. The summed E-state index contributed by atoms with van der Waals surface area (Å²) in [5.41, 5.74) is 0. The molecule has 0 amide bonds. The second-order valence-corrected chi connectivity index (χ2v) is 19.0. The van der Waals surface area contributed by atoms with E-state index in [0.717, 1.165) is 77.0 Å². The lowest BCUT2D eigenvalue weighted by atomic mass is 9.99. The van der Waals surface area contributed by atoms with E-state index in [1.54, 1.807) is 0 Å². The van der Waals surface area contributed by atoms with Gasteiger partial charge in [-0.25, -0.2) is 0 Å². The third kappa shape index (κ3) is 39.4. The minimum absolute atomic E-state index is 0.124. The van der Waals surface area contributed by atoms with Crippen LogP contribution in [0.3, 0.4) is 0 Å². The van der Waals surface area contributed by atoms with Crippen LogP contribution >= 0.6 is 0 Å². The highest BCUT2D eigenvalue weighted by Gasteiger charge is 2.44. The number of esters is 1. The van der Waals surface area contributed by atoms with E-state index in [0.29, 0.717) is 13.0 Å². The van der Waals surface area contributed by atoms with Crippen LogP contribution in [-0.4, -0.2) is 89.6 Å². The van der Waals surface area contributed by atoms with Gasteiger partial charge in [0.25, 0.3) is 0 Å². The van der Waals surface area contributed by atoms with E-state index >= 15 is 0 Å². The van der Waals surface area contributed by atoms with E-state index in [4.69, 9.17) is 18.9 Å². The van der Waals surface area contributed by atoms with Gasteiger partial charge in [-0.2, -0.15) is 0 Å². The zero-order chi connectivity index (χ0) is 49.2. The van der Waals surface area contributed by atoms with Crippen LogP contribution in [0, 0.1) is 0 Å². The lowest BCUT2D eigenvalue weighted by Gasteiger charge is -2.39. The third-order valence-corrected chi connectivity index (χ3v) is 12.6. The largest absolute Gasteiger partial charge is 0.457 e. The monoisotopic (exact) mass is 957 g/mol. The molecule has 0 aromatic rings. The van der Waals surface area contributed by atoms with Crippen LogP contribution in [0.15, 0.2) is 72.9 Å². The van der Waals surface area contributed by atoms with Crippen LogP contribution in [-0.2, 0) is 23.7 Å². The molecule has 1 aliphatic heterocycles. The van der Waals surface area contributed by atoms with E-state index in [2.05, 4.69) is 86.8 Å². The van der Waals surface area contributed by atoms with Gasteiger partial charge in [-0.05, 0) is 89.9 Å². The number of aliphatic hydroxyl groups excluding tert-OH is 4. The van der Waals surface area contributed by atoms with Gasteiger partial charge in [0.15, 0.2) is 6.29 Å². The predicted molar refractivity (Wildman–Crippen MR) is 284 cm³/mol. The molecule has 0 aromatic carbocycles. The van der Waals surface area contributed by atoms with Crippen molar-refractivity contribution >= 4 is 5.97 Å². The van der Waals surface area contributed by atoms with Crippen LogP contribution in [0.4, 0.5) is 0 Å². The molecule has 9 heteroatoms. The Morgan fingerprint density at radius 2 is 0.853 bits per heavy atom. The first-order valence-corrected chi connectivity index (χ1v) is 28.0. The summed E-state index contributed by atoms with van der Waals surface area (Å²) in [5.74, 6) is -0.325. The molecule has 0 bridgehead atoms. The number of rotatable bonds is 48. The fourth-order valence-electron chi connectivity index (χ4n) is 8.21. The van der Waals surface area contributed by atoms with Crippen molar-refractivity contribution in [2.45, 2.75) is 269 Å². The third-order valence-electron chi connectivity index (χ3n) is 12.6. The van der Waals surface area contributed by atoms with E-state index < -0.39 is 43.4 Å². The normalized spacial score (nSPS) is 19.6. The number of carbonyl (C=O) groups excluding carboxylic acids is 1. The van der Waals surface area contributed by atoms with E-state index in [9.17, 15) is 25.2 Å². The maximum Gasteiger partial charge on any atom is 0.306 e. The van der Waals surface area contributed by atoms with Gasteiger partial charge in [-0.1, -0.05) is 209 Å². The molecule has 6 atom stereocenters. The average Bonchev–Trinajstić information content (AvgIpc) is 3.34. The number of aliphatic hydroxyl groups is 4. The molecule has 9 nitrogen and oxygen atoms in total. The van der Waals surface area contributed by atoms with Crippen molar-refractivity contribution in [3.63, 3.8) is 0 Å². The first kappa shape index (κ1) is 63.6. The van der Waals surface area contributed by atoms with Gasteiger partial charge in [-0.15, -0.1) is 0 Å². The molecule has 1 aliphatic rings. The topological polar surface area (TPSA) is 135 Å². The molecule has 1 fully saturated rings. The number of hydrogen-bond donors (Lipinski definition) is 4. The summed E-state index contributed by atoms with van der Waals surface area (Å²) in [6.45, 7) is 4.52. The highest BCUT2D eigenvalue weighted by Crippen LogP contribution is 2.23. The summed E-state index contributed by atoms with van der Waals surface area (Å²) >= 11 is 0. The number of carbonyl (C=O) groups is 1. The molecule has 0 spiro atoms. The van der Waals surface area contributed by atoms with Crippen molar-refractivity contribution in [3.8, 4) is 0 Å². The lowest BCUT2D eigenvalue weighted by molar-refractivity contribution is -0.305. The summed E-state index contributed by atoms with van der Waals surface area (Å²) in [4.78, 5) is 12.9. The number of hydrogen-bond acceptors (Lipinski definition) is 9. The molecular weight excluding hydrogens is 853 g/mol. The fourth-order valence-corrected chi connectivity index (χ4v) is 8.21. The van der Waals surface area contributed by atoms with Gasteiger partial charge in [0.05, 0.1) is 19.8 Å². The first-order chi connectivity index (χ1) is 33.4. The second kappa shape index (κ2) is 49.6. The molecule has 1 saturated heterocycles. The zero-order valence-electron chi connectivity index (χ0n) is 43.6. The molecule has 1 rings (SSSR count). The quantitative estimate of drug-likeness (QED) is 0.0267. The Bertz CT molecular complexity index is 1270. The molecule has 4 N–H and O–H groups in total. The standard InChI is InChI=1S/C59H104O9/c1-3-5-7-9-11-13-15-17-19-21-23-25-27-28-30-32-34-36-38-40-42-44-46-48-55(61)67-53(52-66-59-58(64)57(63)56(62)54(50-60)68-59)51-65-49-47-45-43-41-39-37-35-33-31-29-26-24-22-20-18-16-14-12-10-8-6-4-2/h15-18,21-24,27-29,31,53-54,56-60,62-64H,3-14,19-20,25-26,30,32-52H2,1-2H3/b17-15-,18-16-,23-21-,24-22-,28-27-,31-29-. The Morgan fingerprint density at radius 1 is 0.471 bits per heavy atom. The summed E-state index contributed by atoms with van der Waals surface area (Å²) in [6.07, 6.45) is 59.3. The van der Waals surface area contributed by atoms with Crippen LogP contribution in [0.1, 0.15) is 232 Å².